The zero-order valence-electron chi connectivity index (χ0n) is 12.4. The summed E-state index contributed by atoms with van der Waals surface area (Å²) in [5, 5.41) is 5.03. The molecule has 118 valence electrons. The van der Waals surface area contributed by atoms with E-state index in [2.05, 4.69) is 11.0 Å². The highest BCUT2D eigenvalue weighted by Crippen LogP contribution is 2.29. The summed E-state index contributed by atoms with van der Waals surface area (Å²) in [7, 11) is -3.37. The van der Waals surface area contributed by atoms with Gasteiger partial charge in [0, 0.05) is 12.1 Å². The van der Waals surface area contributed by atoms with Crippen molar-refractivity contribution < 1.29 is 12.8 Å². The second-order valence-electron chi connectivity index (χ2n) is 5.67. The van der Waals surface area contributed by atoms with Gasteiger partial charge in [0.1, 0.15) is 11.5 Å². The van der Waals surface area contributed by atoms with Crippen molar-refractivity contribution in [1.29, 1.82) is 0 Å². The van der Waals surface area contributed by atoms with Gasteiger partial charge in [-0.3, -0.25) is 4.90 Å². The monoisotopic (exact) mass is 320 g/mol. The summed E-state index contributed by atoms with van der Waals surface area (Å²) in [6.07, 6.45) is 1.49. The predicted octanol–water partition coefficient (Wildman–Crippen LogP) is 1.98. The van der Waals surface area contributed by atoms with E-state index in [-0.39, 0.29) is 5.75 Å². The van der Waals surface area contributed by atoms with Crippen LogP contribution in [0.2, 0.25) is 0 Å². The van der Waals surface area contributed by atoms with Crippen LogP contribution in [0.25, 0.3) is 11.3 Å². The van der Waals surface area contributed by atoms with E-state index in [1.54, 1.807) is 0 Å². The molecule has 1 aromatic carbocycles. The van der Waals surface area contributed by atoms with E-state index in [0.717, 1.165) is 43.1 Å². The molecule has 22 heavy (non-hydrogen) atoms. The fourth-order valence-electron chi connectivity index (χ4n) is 2.80. The molecule has 0 unspecified atom stereocenters. The van der Waals surface area contributed by atoms with Crippen molar-refractivity contribution in [2.75, 3.05) is 18.8 Å². The van der Waals surface area contributed by atoms with Crippen molar-refractivity contribution in [3.63, 3.8) is 0 Å². The molecule has 0 radical (unpaired) electrons. The summed E-state index contributed by atoms with van der Waals surface area (Å²) < 4.78 is 27.9. The molecule has 0 atom stereocenters. The molecule has 1 aliphatic heterocycles. The van der Waals surface area contributed by atoms with Gasteiger partial charge in [-0.1, -0.05) is 30.3 Å². The SMILES string of the molecule is NS(=O)(=O)CCCN1CCc2cc(-c3ccccc3)oc2C1. The average molecular weight is 320 g/mol. The number of hydrogen-bond acceptors (Lipinski definition) is 4. The highest BCUT2D eigenvalue weighted by atomic mass is 32.2. The second-order valence-corrected chi connectivity index (χ2v) is 7.41. The Hall–Kier alpha value is -1.63. The smallest absolute Gasteiger partial charge is 0.209 e. The Bertz CT molecular complexity index is 738. The Morgan fingerprint density at radius 3 is 2.73 bits per heavy atom. The van der Waals surface area contributed by atoms with Gasteiger partial charge < -0.3 is 4.42 Å². The third-order valence-electron chi connectivity index (χ3n) is 3.92. The van der Waals surface area contributed by atoms with Crippen molar-refractivity contribution >= 4 is 10.0 Å². The van der Waals surface area contributed by atoms with Gasteiger partial charge in [-0.25, -0.2) is 13.6 Å². The predicted molar refractivity (Wildman–Crippen MR) is 85.7 cm³/mol. The lowest BCUT2D eigenvalue weighted by Crippen LogP contribution is -2.32. The number of rotatable bonds is 5. The normalized spacial score (nSPS) is 15.7. The molecule has 0 fully saturated rings. The maximum atomic E-state index is 11.0. The van der Waals surface area contributed by atoms with E-state index in [0.29, 0.717) is 6.42 Å². The fourth-order valence-corrected chi connectivity index (χ4v) is 3.33. The number of sulfonamides is 1. The van der Waals surface area contributed by atoms with Gasteiger partial charge in [0.15, 0.2) is 0 Å². The number of fused-ring (bicyclic) bond motifs is 1. The number of primary sulfonamides is 1. The van der Waals surface area contributed by atoms with Gasteiger partial charge in [-0.2, -0.15) is 0 Å². The maximum Gasteiger partial charge on any atom is 0.209 e. The van der Waals surface area contributed by atoms with E-state index in [1.807, 2.05) is 30.3 Å². The first-order chi connectivity index (χ1) is 10.5. The Balaban J connectivity index is 1.65. The highest BCUT2D eigenvalue weighted by molar-refractivity contribution is 7.89. The van der Waals surface area contributed by atoms with E-state index in [9.17, 15) is 8.42 Å². The Kier molecular flexibility index (Phi) is 4.33. The third kappa shape index (κ3) is 3.76. The molecule has 3 rings (SSSR count). The van der Waals surface area contributed by atoms with Crippen LogP contribution in [0.1, 0.15) is 17.7 Å². The average Bonchev–Trinajstić information content (AvgIpc) is 2.90. The number of hydrogen-bond donors (Lipinski definition) is 1. The van der Waals surface area contributed by atoms with Crippen LogP contribution < -0.4 is 5.14 Å². The Labute approximate surface area is 130 Å². The molecule has 2 aromatic rings. The molecular weight excluding hydrogens is 300 g/mol. The molecule has 0 saturated heterocycles. The largest absolute Gasteiger partial charge is 0.459 e. The number of nitrogens with two attached hydrogens (primary N) is 1. The van der Waals surface area contributed by atoms with Crippen LogP contribution in [-0.4, -0.2) is 32.2 Å². The van der Waals surface area contributed by atoms with Crippen molar-refractivity contribution in [1.82, 2.24) is 4.90 Å². The highest BCUT2D eigenvalue weighted by Gasteiger charge is 2.21. The summed E-state index contributed by atoms with van der Waals surface area (Å²) in [5.41, 5.74) is 2.33. The number of nitrogens with zero attached hydrogens (tertiary/aromatic N) is 1. The van der Waals surface area contributed by atoms with Crippen LogP contribution in [-0.2, 0) is 23.0 Å². The fraction of sp³-hybridized carbons (Fsp3) is 0.375. The van der Waals surface area contributed by atoms with Crippen LogP contribution in [0, 0.1) is 0 Å². The molecular formula is C16H20N2O3S. The van der Waals surface area contributed by atoms with Crippen molar-refractivity contribution in [2.24, 2.45) is 5.14 Å². The van der Waals surface area contributed by atoms with Crippen LogP contribution in [0.15, 0.2) is 40.8 Å². The van der Waals surface area contributed by atoms with Crippen molar-refractivity contribution in [3.05, 3.63) is 47.7 Å². The molecule has 2 N–H and O–H groups in total. The summed E-state index contributed by atoms with van der Waals surface area (Å²) in [6.45, 7) is 2.37. The van der Waals surface area contributed by atoms with Gasteiger partial charge in [-0.15, -0.1) is 0 Å². The first-order valence-electron chi connectivity index (χ1n) is 7.41. The van der Waals surface area contributed by atoms with Crippen LogP contribution >= 0.6 is 0 Å². The van der Waals surface area contributed by atoms with Gasteiger partial charge >= 0.3 is 0 Å². The van der Waals surface area contributed by atoms with Crippen LogP contribution in [0.5, 0.6) is 0 Å². The third-order valence-corrected chi connectivity index (χ3v) is 4.78. The van der Waals surface area contributed by atoms with E-state index in [1.165, 1.54) is 5.56 Å². The molecule has 0 saturated carbocycles. The lowest BCUT2D eigenvalue weighted by Gasteiger charge is -2.25. The number of benzene rings is 1. The van der Waals surface area contributed by atoms with Crippen molar-refractivity contribution in [2.45, 2.75) is 19.4 Å². The summed E-state index contributed by atoms with van der Waals surface area (Å²) in [5.74, 6) is 1.92. The van der Waals surface area contributed by atoms with Gasteiger partial charge in [0.2, 0.25) is 10.0 Å². The lowest BCUT2D eigenvalue weighted by atomic mass is 10.1. The first kappa shape index (κ1) is 15.3. The zero-order valence-corrected chi connectivity index (χ0v) is 13.2. The van der Waals surface area contributed by atoms with Gasteiger partial charge in [0.05, 0.1) is 12.3 Å². The van der Waals surface area contributed by atoms with Gasteiger partial charge in [-0.05, 0) is 31.0 Å². The van der Waals surface area contributed by atoms with E-state index in [4.69, 9.17) is 9.56 Å². The Morgan fingerprint density at radius 2 is 2.00 bits per heavy atom. The zero-order chi connectivity index (χ0) is 15.6. The minimum atomic E-state index is -3.37. The lowest BCUT2D eigenvalue weighted by molar-refractivity contribution is 0.231. The minimum absolute atomic E-state index is 0.0315. The Morgan fingerprint density at radius 1 is 1.23 bits per heavy atom. The van der Waals surface area contributed by atoms with Crippen molar-refractivity contribution in [3.8, 4) is 11.3 Å². The molecule has 0 spiro atoms. The van der Waals surface area contributed by atoms with E-state index < -0.39 is 10.0 Å². The molecule has 6 heteroatoms. The van der Waals surface area contributed by atoms with Crippen LogP contribution in [0.3, 0.4) is 0 Å². The quantitative estimate of drug-likeness (QED) is 0.914. The second kappa shape index (κ2) is 6.24. The molecule has 2 heterocycles. The molecule has 1 aliphatic rings. The summed E-state index contributed by atoms with van der Waals surface area (Å²) in [4.78, 5) is 2.21. The van der Waals surface area contributed by atoms with Gasteiger partial charge in [0.25, 0.3) is 0 Å². The summed E-state index contributed by atoms with van der Waals surface area (Å²) >= 11 is 0. The molecule has 5 nitrogen and oxygen atoms in total. The minimum Gasteiger partial charge on any atom is -0.459 e. The van der Waals surface area contributed by atoms with E-state index >= 15 is 0 Å². The number of furan rings is 1. The first-order valence-corrected chi connectivity index (χ1v) is 9.13. The maximum absolute atomic E-state index is 11.0. The topological polar surface area (TPSA) is 76.5 Å². The molecule has 0 aliphatic carbocycles. The molecule has 0 amide bonds. The molecule has 0 bridgehead atoms. The van der Waals surface area contributed by atoms with Crippen LogP contribution in [0.4, 0.5) is 0 Å². The summed E-state index contributed by atoms with van der Waals surface area (Å²) in [6, 6.07) is 12.2. The molecule has 1 aromatic heterocycles. The standard InChI is InChI=1S/C16H20N2O3S/c17-22(19,20)10-4-8-18-9-7-14-11-15(21-16(14)12-18)13-5-2-1-3-6-13/h1-3,5-6,11H,4,7-10,12H2,(H2,17,19,20).